The van der Waals surface area contributed by atoms with E-state index in [2.05, 4.69) is 63.2 Å². The summed E-state index contributed by atoms with van der Waals surface area (Å²) in [6.45, 7) is 6.51. The van der Waals surface area contributed by atoms with Gasteiger partial charge in [0.25, 0.3) is 0 Å². The molecule has 0 unspecified atom stereocenters. The average Bonchev–Trinajstić information content (AvgIpc) is 2.28. The van der Waals surface area contributed by atoms with E-state index in [1.165, 1.54) is 38.2 Å². The Morgan fingerprint density at radius 2 is 1.35 bits per heavy atom. The van der Waals surface area contributed by atoms with Gasteiger partial charge in [0.15, 0.2) is 0 Å². The number of fused-ring (bicyclic) bond motifs is 3. The van der Waals surface area contributed by atoms with Crippen molar-refractivity contribution in [2.24, 2.45) is 0 Å². The summed E-state index contributed by atoms with van der Waals surface area (Å²) in [6, 6.07) is 15.7. The summed E-state index contributed by atoms with van der Waals surface area (Å²) in [6.07, 6.45) is 0. The lowest BCUT2D eigenvalue weighted by atomic mass is 9.96. The van der Waals surface area contributed by atoms with Crippen LogP contribution < -0.4 is 0 Å². The summed E-state index contributed by atoms with van der Waals surface area (Å²) in [4.78, 5) is 0. The predicted molar refractivity (Wildman–Crippen MR) is 75.7 cm³/mol. The van der Waals surface area contributed by atoms with Crippen molar-refractivity contribution >= 4 is 21.5 Å². The first kappa shape index (κ1) is 10.3. The van der Waals surface area contributed by atoms with Crippen LogP contribution in [0.1, 0.15) is 16.7 Å². The zero-order chi connectivity index (χ0) is 12.0. The van der Waals surface area contributed by atoms with Crippen LogP contribution >= 0.6 is 0 Å². The Morgan fingerprint density at radius 1 is 0.647 bits per heavy atom. The van der Waals surface area contributed by atoms with Gasteiger partial charge in [-0.25, -0.2) is 0 Å². The second-order valence-corrected chi connectivity index (χ2v) is 4.97. The van der Waals surface area contributed by atoms with Crippen molar-refractivity contribution in [1.29, 1.82) is 0 Å². The predicted octanol–water partition coefficient (Wildman–Crippen LogP) is 4.92. The van der Waals surface area contributed by atoms with E-state index < -0.39 is 0 Å². The SMILES string of the molecule is Cc1ccc2c(ccc3cc(C)cc(C)c32)c1. The molecule has 0 heterocycles. The van der Waals surface area contributed by atoms with Gasteiger partial charge in [-0.15, -0.1) is 0 Å². The van der Waals surface area contributed by atoms with Gasteiger partial charge in [-0.2, -0.15) is 0 Å². The molecule has 0 aromatic heterocycles. The molecule has 0 aliphatic carbocycles. The average molecular weight is 220 g/mol. The van der Waals surface area contributed by atoms with E-state index in [4.69, 9.17) is 0 Å². The van der Waals surface area contributed by atoms with Crippen molar-refractivity contribution < 1.29 is 0 Å². The Morgan fingerprint density at radius 3 is 2.18 bits per heavy atom. The minimum atomic E-state index is 1.32. The van der Waals surface area contributed by atoms with Crippen LogP contribution in [-0.2, 0) is 0 Å². The molecule has 0 amide bonds. The van der Waals surface area contributed by atoms with Gasteiger partial charge in [0, 0.05) is 0 Å². The molecule has 0 nitrogen and oxygen atoms in total. The number of hydrogen-bond acceptors (Lipinski definition) is 0. The minimum absolute atomic E-state index is 1.32. The Balaban J connectivity index is 2.55. The first-order valence-electron chi connectivity index (χ1n) is 6.05. The molecule has 0 N–H and O–H groups in total. The quantitative estimate of drug-likeness (QED) is 0.472. The van der Waals surface area contributed by atoms with Gasteiger partial charge in [0.2, 0.25) is 0 Å². The van der Waals surface area contributed by atoms with E-state index >= 15 is 0 Å². The highest BCUT2D eigenvalue weighted by Crippen LogP contribution is 2.29. The molecule has 0 heteroatoms. The van der Waals surface area contributed by atoms with Crippen LogP contribution in [-0.4, -0.2) is 0 Å². The fraction of sp³-hybridized carbons (Fsp3) is 0.176. The summed E-state index contributed by atoms with van der Waals surface area (Å²) < 4.78 is 0. The molecule has 0 bridgehead atoms. The maximum atomic E-state index is 2.27. The highest BCUT2D eigenvalue weighted by molar-refractivity contribution is 6.09. The zero-order valence-corrected chi connectivity index (χ0v) is 10.5. The number of hydrogen-bond donors (Lipinski definition) is 0. The molecule has 0 atom stereocenters. The van der Waals surface area contributed by atoms with Crippen molar-refractivity contribution in [3.63, 3.8) is 0 Å². The van der Waals surface area contributed by atoms with E-state index in [0.29, 0.717) is 0 Å². The molecular weight excluding hydrogens is 204 g/mol. The molecule has 3 aromatic rings. The van der Waals surface area contributed by atoms with Crippen molar-refractivity contribution in [2.45, 2.75) is 20.8 Å². The summed E-state index contributed by atoms with van der Waals surface area (Å²) in [7, 11) is 0. The smallest absolute Gasteiger partial charge is 0.00759 e. The van der Waals surface area contributed by atoms with Gasteiger partial charge >= 0.3 is 0 Å². The van der Waals surface area contributed by atoms with E-state index in [-0.39, 0.29) is 0 Å². The lowest BCUT2D eigenvalue weighted by Gasteiger charge is -2.09. The van der Waals surface area contributed by atoms with Gasteiger partial charge in [-0.1, -0.05) is 53.6 Å². The third-order valence-electron chi connectivity index (χ3n) is 3.43. The normalized spacial score (nSPS) is 11.2. The third kappa shape index (κ3) is 1.61. The Bertz CT molecular complexity index is 721. The second-order valence-electron chi connectivity index (χ2n) is 4.97. The fourth-order valence-electron chi connectivity index (χ4n) is 2.73. The van der Waals surface area contributed by atoms with Crippen LogP contribution in [0.5, 0.6) is 0 Å². The topological polar surface area (TPSA) is 0 Å². The number of aryl methyl sites for hydroxylation is 3. The van der Waals surface area contributed by atoms with Crippen LogP contribution in [0, 0.1) is 20.8 Å². The molecule has 0 spiro atoms. The van der Waals surface area contributed by atoms with Crippen LogP contribution in [0.4, 0.5) is 0 Å². The van der Waals surface area contributed by atoms with E-state index in [1.54, 1.807) is 0 Å². The van der Waals surface area contributed by atoms with Gasteiger partial charge in [0.1, 0.15) is 0 Å². The van der Waals surface area contributed by atoms with Gasteiger partial charge < -0.3 is 0 Å². The molecule has 0 saturated heterocycles. The van der Waals surface area contributed by atoms with Crippen LogP contribution in [0.3, 0.4) is 0 Å². The van der Waals surface area contributed by atoms with Crippen molar-refractivity contribution in [1.82, 2.24) is 0 Å². The molecule has 84 valence electrons. The molecule has 17 heavy (non-hydrogen) atoms. The Kier molecular flexibility index (Phi) is 2.19. The lowest BCUT2D eigenvalue weighted by Crippen LogP contribution is -1.84. The van der Waals surface area contributed by atoms with Crippen molar-refractivity contribution in [3.05, 3.63) is 59.2 Å². The van der Waals surface area contributed by atoms with Crippen LogP contribution in [0.2, 0.25) is 0 Å². The molecule has 0 aliphatic rings. The van der Waals surface area contributed by atoms with Crippen LogP contribution in [0.15, 0.2) is 42.5 Å². The monoisotopic (exact) mass is 220 g/mol. The molecule has 3 aromatic carbocycles. The fourth-order valence-corrected chi connectivity index (χ4v) is 2.73. The highest BCUT2D eigenvalue weighted by atomic mass is 14.1. The third-order valence-corrected chi connectivity index (χ3v) is 3.43. The minimum Gasteiger partial charge on any atom is -0.0587 e. The molecular formula is C17H16. The first-order valence-corrected chi connectivity index (χ1v) is 6.05. The summed E-state index contributed by atoms with van der Waals surface area (Å²) in [5.74, 6) is 0. The molecule has 0 fully saturated rings. The summed E-state index contributed by atoms with van der Waals surface area (Å²) >= 11 is 0. The lowest BCUT2D eigenvalue weighted by molar-refractivity contribution is 1.43. The molecule has 0 radical (unpaired) electrons. The van der Waals surface area contributed by atoms with Gasteiger partial charge in [-0.3, -0.25) is 0 Å². The molecule has 0 aliphatic heterocycles. The van der Waals surface area contributed by atoms with Crippen molar-refractivity contribution in [2.75, 3.05) is 0 Å². The van der Waals surface area contributed by atoms with Gasteiger partial charge in [-0.05, 0) is 47.9 Å². The van der Waals surface area contributed by atoms with E-state index in [1.807, 2.05) is 0 Å². The molecule has 0 saturated carbocycles. The van der Waals surface area contributed by atoms with Gasteiger partial charge in [0.05, 0.1) is 0 Å². The Hall–Kier alpha value is -1.82. The van der Waals surface area contributed by atoms with E-state index in [0.717, 1.165) is 0 Å². The summed E-state index contributed by atoms with van der Waals surface area (Å²) in [5.41, 5.74) is 4.03. The Labute approximate surface area is 102 Å². The molecule has 3 rings (SSSR count). The van der Waals surface area contributed by atoms with Crippen LogP contribution in [0.25, 0.3) is 21.5 Å². The number of benzene rings is 3. The second kappa shape index (κ2) is 3.59. The zero-order valence-electron chi connectivity index (χ0n) is 10.5. The first-order chi connectivity index (χ1) is 8.15. The highest BCUT2D eigenvalue weighted by Gasteiger charge is 2.04. The van der Waals surface area contributed by atoms with Crippen molar-refractivity contribution in [3.8, 4) is 0 Å². The number of rotatable bonds is 0. The maximum absolute atomic E-state index is 2.27. The summed E-state index contributed by atoms with van der Waals surface area (Å²) in [5, 5.41) is 5.45. The largest absolute Gasteiger partial charge is 0.0587 e. The maximum Gasteiger partial charge on any atom is -0.00759 e. The standard InChI is InChI=1S/C17H16/c1-11-4-7-16-14(9-11)5-6-15-10-12(2)8-13(3)17(15)16/h4-10H,1-3H3. The van der Waals surface area contributed by atoms with E-state index in [9.17, 15) is 0 Å².